The molecule has 0 heterocycles. The van der Waals surface area contributed by atoms with Gasteiger partial charge in [-0.2, -0.15) is 0 Å². The van der Waals surface area contributed by atoms with E-state index in [1.807, 2.05) is 36.9 Å². The molecule has 0 aliphatic carbocycles. The Kier molecular flexibility index (Phi) is 4.94. The standard InChI is InChI=1S/C16H25NO/c1-6-16(4,5)15(18)17(13(2)3)12-14-10-8-7-9-11-14/h7-11,13H,6,12H2,1-5H3. The van der Waals surface area contributed by atoms with Crippen LogP contribution in [0.4, 0.5) is 0 Å². The normalized spacial score (nSPS) is 11.7. The van der Waals surface area contributed by atoms with Gasteiger partial charge in [0, 0.05) is 18.0 Å². The van der Waals surface area contributed by atoms with Crippen molar-refractivity contribution in [3.8, 4) is 0 Å². The lowest BCUT2D eigenvalue weighted by Gasteiger charge is -2.34. The predicted octanol–water partition coefficient (Wildman–Crippen LogP) is 3.86. The Bertz CT molecular complexity index is 381. The molecule has 1 amide bonds. The van der Waals surface area contributed by atoms with Gasteiger partial charge in [0.2, 0.25) is 5.91 Å². The van der Waals surface area contributed by atoms with Gasteiger partial charge in [-0.05, 0) is 25.8 Å². The third-order valence-electron chi connectivity index (χ3n) is 3.54. The fraction of sp³-hybridized carbons (Fsp3) is 0.562. The maximum atomic E-state index is 12.6. The van der Waals surface area contributed by atoms with Crippen molar-refractivity contribution in [1.29, 1.82) is 0 Å². The largest absolute Gasteiger partial charge is 0.335 e. The molecule has 2 nitrogen and oxygen atoms in total. The van der Waals surface area contributed by atoms with Gasteiger partial charge in [-0.3, -0.25) is 4.79 Å². The van der Waals surface area contributed by atoms with Crippen LogP contribution in [0.2, 0.25) is 0 Å². The molecule has 2 heteroatoms. The number of carbonyl (C=O) groups excluding carboxylic acids is 1. The van der Waals surface area contributed by atoms with Crippen molar-refractivity contribution in [2.45, 2.75) is 53.6 Å². The van der Waals surface area contributed by atoms with Crippen molar-refractivity contribution in [3.05, 3.63) is 35.9 Å². The van der Waals surface area contributed by atoms with Crippen molar-refractivity contribution in [2.75, 3.05) is 0 Å². The lowest BCUT2D eigenvalue weighted by molar-refractivity contribution is -0.143. The summed E-state index contributed by atoms with van der Waals surface area (Å²) in [7, 11) is 0. The highest BCUT2D eigenvalue weighted by Gasteiger charge is 2.31. The average Bonchev–Trinajstić information content (AvgIpc) is 2.36. The molecule has 0 aliphatic rings. The van der Waals surface area contributed by atoms with Gasteiger partial charge in [0.1, 0.15) is 0 Å². The second-order valence-corrected chi connectivity index (χ2v) is 5.75. The number of hydrogen-bond donors (Lipinski definition) is 0. The van der Waals surface area contributed by atoms with Gasteiger partial charge in [0.15, 0.2) is 0 Å². The molecule has 0 bridgehead atoms. The van der Waals surface area contributed by atoms with Crippen molar-refractivity contribution >= 4 is 5.91 Å². The first-order valence-corrected chi connectivity index (χ1v) is 6.73. The van der Waals surface area contributed by atoms with E-state index in [0.717, 1.165) is 6.42 Å². The fourth-order valence-electron chi connectivity index (χ4n) is 1.81. The van der Waals surface area contributed by atoms with Gasteiger partial charge in [-0.15, -0.1) is 0 Å². The molecule has 1 aromatic rings. The summed E-state index contributed by atoms with van der Waals surface area (Å²) in [5.41, 5.74) is 0.908. The summed E-state index contributed by atoms with van der Waals surface area (Å²) >= 11 is 0. The van der Waals surface area contributed by atoms with E-state index in [4.69, 9.17) is 0 Å². The van der Waals surface area contributed by atoms with Gasteiger partial charge in [0.25, 0.3) is 0 Å². The molecule has 100 valence electrons. The minimum absolute atomic E-state index is 0.225. The van der Waals surface area contributed by atoms with Crippen LogP contribution in [0, 0.1) is 5.41 Å². The summed E-state index contributed by atoms with van der Waals surface area (Å²) in [5, 5.41) is 0. The summed E-state index contributed by atoms with van der Waals surface area (Å²) < 4.78 is 0. The molecule has 1 aromatic carbocycles. The molecule has 0 aromatic heterocycles. The quantitative estimate of drug-likeness (QED) is 0.773. The first-order chi connectivity index (χ1) is 8.38. The van der Waals surface area contributed by atoms with Crippen molar-refractivity contribution in [2.24, 2.45) is 5.41 Å². The zero-order valence-electron chi connectivity index (χ0n) is 12.2. The van der Waals surface area contributed by atoms with Crippen LogP contribution in [0.3, 0.4) is 0 Å². The lowest BCUT2D eigenvalue weighted by Crippen LogP contribution is -2.44. The van der Waals surface area contributed by atoms with Crippen LogP contribution >= 0.6 is 0 Å². The fourth-order valence-corrected chi connectivity index (χ4v) is 1.81. The number of amides is 1. The Labute approximate surface area is 111 Å². The number of rotatable bonds is 5. The van der Waals surface area contributed by atoms with Crippen molar-refractivity contribution in [1.82, 2.24) is 4.90 Å². The third kappa shape index (κ3) is 3.59. The van der Waals surface area contributed by atoms with Crippen LogP contribution in [0.5, 0.6) is 0 Å². The number of hydrogen-bond acceptors (Lipinski definition) is 1. The zero-order chi connectivity index (χ0) is 13.8. The SMILES string of the molecule is CCC(C)(C)C(=O)N(Cc1ccccc1)C(C)C. The van der Waals surface area contributed by atoms with E-state index < -0.39 is 0 Å². The van der Waals surface area contributed by atoms with Crippen LogP contribution in [0.15, 0.2) is 30.3 Å². The highest BCUT2D eigenvalue weighted by Crippen LogP contribution is 2.25. The molecule has 0 N–H and O–H groups in total. The summed E-state index contributed by atoms with van der Waals surface area (Å²) in [5.74, 6) is 0.240. The number of carbonyl (C=O) groups is 1. The first kappa shape index (κ1) is 14.7. The Morgan fingerprint density at radius 3 is 2.22 bits per heavy atom. The Balaban J connectivity index is 2.88. The van der Waals surface area contributed by atoms with E-state index in [-0.39, 0.29) is 17.4 Å². The number of benzene rings is 1. The molecular formula is C16H25NO. The Morgan fingerprint density at radius 1 is 1.22 bits per heavy atom. The van der Waals surface area contributed by atoms with Crippen molar-refractivity contribution in [3.63, 3.8) is 0 Å². The molecule has 0 saturated carbocycles. The summed E-state index contributed by atoms with van der Waals surface area (Å²) in [4.78, 5) is 14.5. The highest BCUT2D eigenvalue weighted by atomic mass is 16.2. The molecule has 0 radical (unpaired) electrons. The Hall–Kier alpha value is -1.31. The molecular weight excluding hydrogens is 222 g/mol. The maximum absolute atomic E-state index is 12.6. The van der Waals surface area contributed by atoms with Crippen LogP contribution in [0.25, 0.3) is 0 Å². The highest BCUT2D eigenvalue weighted by molar-refractivity contribution is 5.82. The summed E-state index contributed by atoms with van der Waals surface area (Å²) in [6, 6.07) is 10.4. The molecule has 0 fully saturated rings. The molecule has 0 aliphatic heterocycles. The lowest BCUT2D eigenvalue weighted by atomic mass is 9.88. The van der Waals surface area contributed by atoms with E-state index in [9.17, 15) is 4.79 Å². The monoisotopic (exact) mass is 247 g/mol. The molecule has 0 unspecified atom stereocenters. The molecule has 0 saturated heterocycles. The van der Waals surface area contributed by atoms with E-state index in [1.54, 1.807) is 0 Å². The second kappa shape index (κ2) is 6.03. The van der Waals surface area contributed by atoms with E-state index in [2.05, 4.69) is 32.9 Å². The van der Waals surface area contributed by atoms with Crippen LogP contribution in [0.1, 0.15) is 46.6 Å². The van der Waals surface area contributed by atoms with Gasteiger partial charge in [-0.25, -0.2) is 0 Å². The van der Waals surface area contributed by atoms with Crippen LogP contribution in [-0.2, 0) is 11.3 Å². The van der Waals surface area contributed by atoms with Gasteiger partial charge < -0.3 is 4.90 Å². The van der Waals surface area contributed by atoms with Gasteiger partial charge in [0.05, 0.1) is 0 Å². The second-order valence-electron chi connectivity index (χ2n) is 5.75. The van der Waals surface area contributed by atoms with Crippen molar-refractivity contribution < 1.29 is 4.79 Å². The maximum Gasteiger partial charge on any atom is 0.228 e. The summed E-state index contributed by atoms with van der Waals surface area (Å²) in [6.45, 7) is 11.0. The minimum Gasteiger partial charge on any atom is -0.335 e. The third-order valence-corrected chi connectivity index (χ3v) is 3.54. The van der Waals surface area contributed by atoms with Gasteiger partial charge >= 0.3 is 0 Å². The van der Waals surface area contributed by atoms with Crippen LogP contribution in [-0.4, -0.2) is 16.8 Å². The van der Waals surface area contributed by atoms with E-state index in [0.29, 0.717) is 6.54 Å². The smallest absolute Gasteiger partial charge is 0.228 e. The molecule has 0 atom stereocenters. The molecule has 18 heavy (non-hydrogen) atoms. The average molecular weight is 247 g/mol. The molecule has 0 spiro atoms. The van der Waals surface area contributed by atoms with E-state index >= 15 is 0 Å². The number of nitrogens with zero attached hydrogens (tertiary/aromatic N) is 1. The van der Waals surface area contributed by atoms with Gasteiger partial charge in [-0.1, -0.05) is 51.1 Å². The summed E-state index contributed by atoms with van der Waals surface area (Å²) in [6.07, 6.45) is 0.865. The van der Waals surface area contributed by atoms with E-state index in [1.165, 1.54) is 5.56 Å². The first-order valence-electron chi connectivity index (χ1n) is 6.73. The van der Waals surface area contributed by atoms with Crippen LogP contribution < -0.4 is 0 Å². The Morgan fingerprint density at radius 2 is 1.78 bits per heavy atom. The molecule has 1 rings (SSSR count). The topological polar surface area (TPSA) is 20.3 Å². The predicted molar refractivity (Wildman–Crippen MR) is 76.2 cm³/mol. The zero-order valence-corrected chi connectivity index (χ0v) is 12.2. The minimum atomic E-state index is -0.279.